The van der Waals surface area contributed by atoms with Crippen molar-refractivity contribution >= 4 is 18.1 Å². The summed E-state index contributed by atoms with van der Waals surface area (Å²) in [5, 5.41) is 3.92. The van der Waals surface area contributed by atoms with Gasteiger partial charge in [-0.3, -0.25) is 4.79 Å². The Hall–Kier alpha value is -4.73. The second-order valence-corrected chi connectivity index (χ2v) is 7.13. The molecule has 0 saturated heterocycles. The zero-order valence-corrected chi connectivity index (χ0v) is 20.3. The van der Waals surface area contributed by atoms with E-state index in [-0.39, 0.29) is 17.9 Å². The van der Waals surface area contributed by atoms with Crippen molar-refractivity contribution in [1.29, 1.82) is 0 Å². The van der Waals surface area contributed by atoms with E-state index in [0.717, 1.165) is 0 Å². The molecular weight excluding hydrogens is 468 g/mol. The Morgan fingerprint density at radius 2 is 1.39 bits per heavy atom. The molecule has 1 N–H and O–H groups in total. The van der Waals surface area contributed by atoms with Gasteiger partial charge in [-0.1, -0.05) is 0 Å². The van der Waals surface area contributed by atoms with Gasteiger partial charge in [0, 0.05) is 0 Å². The van der Waals surface area contributed by atoms with Crippen molar-refractivity contribution in [1.82, 2.24) is 5.43 Å². The molecule has 0 aliphatic rings. The van der Waals surface area contributed by atoms with E-state index < -0.39 is 11.9 Å². The van der Waals surface area contributed by atoms with E-state index in [1.807, 2.05) is 0 Å². The second-order valence-electron chi connectivity index (χ2n) is 7.13. The van der Waals surface area contributed by atoms with Gasteiger partial charge >= 0.3 is 5.97 Å². The van der Waals surface area contributed by atoms with Crippen LogP contribution in [0.3, 0.4) is 0 Å². The van der Waals surface area contributed by atoms with E-state index in [4.69, 9.17) is 28.4 Å². The third-order valence-corrected chi connectivity index (χ3v) is 4.84. The smallest absolute Gasteiger partial charge is 0.343 e. The Labute approximate surface area is 208 Å². The van der Waals surface area contributed by atoms with Crippen LogP contribution in [-0.2, 0) is 4.79 Å². The van der Waals surface area contributed by atoms with Gasteiger partial charge < -0.3 is 28.4 Å². The molecule has 188 valence electrons. The molecular formula is C26H26N2O8. The van der Waals surface area contributed by atoms with E-state index >= 15 is 0 Å². The summed E-state index contributed by atoms with van der Waals surface area (Å²) in [4.78, 5) is 24.6. The number of hydrazone groups is 1. The first-order valence-corrected chi connectivity index (χ1v) is 10.7. The number of carbonyl (C=O) groups is 2. The monoisotopic (exact) mass is 494 g/mol. The molecule has 0 fully saturated rings. The minimum atomic E-state index is -0.597. The molecule has 0 aromatic heterocycles. The normalized spacial score (nSPS) is 10.4. The Bertz CT molecular complexity index is 1230. The lowest BCUT2D eigenvalue weighted by molar-refractivity contribution is -0.123. The van der Waals surface area contributed by atoms with Crippen molar-refractivity contribution < 1.29 is 38.0 Å². The largest absolute Gasteiger partial charge is 0.497 e. The van der Waals surface area contributed by atoms with Gasteiger partial charge in [-0.05, 0) is 66.2 Å². The molecule has 0 bridgehead atoms. The fraction of sp³-hybridized carbons (Fsp3) is 0.192. The number of carbonyl (C=O) groups excluding carboxylic acids is 2. The standard InChI is InChI=1S/C26H26N2O8/c1-31-19-7-9-20(10-8-19)35-16-25(29)28-27-15-17-5-11-22(23(13-17)33-3)36-26(30)18-6-12-21(32-2)24(14-18)34-4/h5-15H,16H2,1-4H3,(H,28,29)/b27-15-. The molecule has 10 nitrogen and oxygen atoms in total. The molecule has 0 spiro atoms. The highest BCUT2D eigenvalue weighted by molar-refractivity contribution is 5.92. The first kappa shape index (κ1) is 25.9. The lowest BCUT2D eigenvalue weighted by atomic mass is 10.2. The van der Waals surface area contributed by atoms with Crippen LogP contribution in [0.15, 0.2) is 65.8 Å². The van der Waals surface area contributed by atoms with Gasteiger partial charge in [0.2, 0.25) is 0 Å². The first-order chi connectivity index (χ1) is 17.5. The van der Waals surface area contributed by atoms with Crippen LogP contribution in [-0.4, -0.2) is 53.1 Å². The van der Waals surface area contributed by atoms with Crippen molar-refractivity contribution in [2.75, 3.05) is 35.0 Å². The second kappa shape index (κ2) is 12.7. The highest BCUT2D eigenvalue weighted by Gasteiger charge is 2.15. The van der Waals surface area contributed by atoms with E-state index in [2.05, 4.69) is 10.5 Å². The number of nitrogens with zero attached hydrogens (tertiary/aromatic N) is 1. The molecule has 0 atom stereocenters. The van der Waals surface area contributed by atoms with E-state index in [1.165, 1.54) is 33.6 Å². The maximum atomic E-state index is 12.6. The topological polar surface area (TPSA) is 114 Å². The Kier molecular flexibility index (Phi) is 9.10. The molecule has 3 rings (SSSR count). The number of hydrogen-bond donors (Lipinski definition) is 1. The van der Waals surface area contributed by atoms with Gasteiger partial charge in [-0.15, -0.1) is 0 Å². The molecule has 0 heterocycles. The molecule has 0 aliphatic carbocycles. The van der Waals surface area contributed by atoms with Crippen LogP contribution in [0.5, 0.6) is 34.5 Å². The Morgan fingerprint density at radius 1 is 0.750 bits per heavy atom. The molecule has 0 radical (unpaired) electrons. The molecule has 10 heteroatoms. The van der Waals surface area contributed by atoms with Crippen LogP contribution in [0.1, 0.15) is 15.9 Å². The molecule has 1 amide bonds. The fourth-order valence-corrected chi connectivity index (χ4v) is 3.00. The predicted molar refractivity (Wildman–Crippen MR) is 132 cm³/mol. The van der Waals surface area contributed by atoms with Gasteiger partial charge in [0.1, 0.15) is 11.5 Å². The lowest BCUT2D eigenvalue weighted by Gasteiger charge is -2.11. The third kappa shape index (κ3) is 6.89. The van der Waals surface area contributed by atoms with Crippen LogP contribution in [0.4, 0.5) is 0 Å². The third-order valence-electron chi connectivity index (χ3n) is 4.84. The average molecular weight is 495 g/mol. The average Bonchev–Trinajstić information content (AvgIpc) is 2.92. The van der Waals surface area contributed by atoms with Crippen molar-refractivity contribution in [2.24, 2.45) is 5.10 Å². The van der Waals surface area contributed by atoms with Crippen LogP contribution in [0.25, 0.3) is 0 Å². The summed E-state index contributed by atoms with van der Waals surface area (Å²) in [6.45, 7) is -0.210. The number of nitrogens with one attached hydrogen (secondary N) is 1. The lowest BCUT2D eigenvalue weighted by Crippen LogP contribution is -2.24. The van der Waals surface area contributed by atoms with Crippen molar-refractivity contribution in [3.8, 4) is 34.5 Å². The molecule has 3 aromatic rings. The quantitative estimate of drug-likeness (QED) is 0.187. The Balaban J connectivity index is 1.57. The van der Waals surface area contributed by atoms with Gasteiger partial charge in [0.15, 0.2) is 29.6 Å². The van der Waals surface area contributed by atoms with E-state index in [0.29, 0.717) is 34.3 Å². The minimum absolute atomic E-state index is 0.210. The molecule has 3 aromatic carbocycles. The summed E-state index contributed by atoms with van der Waals surface area (Å²) in [7, 11) is 6.00. The van der Waals surface area contributed by atoms with Crippen molar-refractivity contribution in [3.05, 3.63) is 71.8 Å². The number of ether oxygens (including phenoxy) is 6. The van der Waals surface area contributed by atoms with Crippen LogP contribution < -0.4 is 33.8 Å². The van der Waals surface area contributed by atoms with E-state index in [9.17, 15) is 9.59 Å². The number of hydrogen-bond acceptors (Lipinski definition) is 9. The number of amides is 1. The molecule has 0 aliphatic heterocycles. The zero-order valence-electron chi connectivity index (χ0n) is 20.3. The van der Waals surface area contributed by atoms with Crippen molar-refractivity contribution in [2.45, 2.75) is 0 Å². The summed E-state index contributed by atoms with van der Waals surface area (Å²) in [6, 6.07) is 16.4. The first-order valence-electron chi connectivity index (χ1n) is 10.7. The maximum absolute atomic E-state index is 12.6. The minimum Gasteiger partial charge on any atom is -0.497 e. The summed E-state index contributed by atoms with van der Waals surface area (Å²) in [5.74, 6) is 1.60. The van der Waals surface area contributed by atoms with Gasteiger partial charge in [-0.2, -0.15) is 5.10 Å². The van der Waals surface area contributed by atoms with Crippen molar-refractivity contribution in [3.63, 3.8) is 0 Å². The molecule has 36 heavy (non-hydrogen) atoms. The summed E-state index contributed by atoms with van der Waals surface area (Å²) < 4.78 is 31.7. The highest BCUT2D eigenvalue weighted by atomic mass is 16.6. The highest BCUT2D eigenvalue weighted by Crippen LogP contribution is 2.31. The summed E-state index contributed by atoms with van der Waals surface area (Å²) in [5.41, 5.74) is 3.27. The SMILES string of the molecule is COc1ccc(OCC(=O)N/N=C\c2ccc(OC(=O)c3ccc(OC)c(OC)c3)c(OC)c2)cc1. The summed E-state index contributed by atoms with van der Waals surface area (Å²) in [6.07, 6.45) is 1.42. The number of rotatable bonds is 11. The van der Waals surface area contributed by atoms with Gasteiger partial charge in [-0.25, -0.2) is 10.2 Å². The maximum Gasteiger partial charge on any atom is 0.343 e. The fourth-order valence-electron chi connectivity index (χ4n) is 3.00. The van der Waals surface area contributed by atoms with Crippen LogP contribution in [0, 0.1) is 0 Å². The molecule has 0 unspecified atom stereocenters. The van der Waals surface area contributed by atoms with Gasteiger partial charge in [0.05, 0.1) is 40.2 Å². The van der Waals surface area contributed by atoms with Crippen LogP contribution >= 0.6 is 0 Å². The van der Waals surface area contributed by atoms with Crippen LogP contribution in [0.2, 0.25) is 0 Å². The molecule has 0 saturated carbocycles. The zero-order chi connectivity index (χ0) is 25.9. The predicted octanol–water partition coefficient (Wildman–Crippen LogP) is 3.47. The summed E-state index contributed by atoms with van der Waals surface area (Å²) >= 11 is 0. The van der Waals surface area contributed by atoms with E-state index in [1.54, 1.807) is 61.7 Å². The number of esters is 1. The van der Waals surface area contributed by atoms with Gasteiger partial charge in [0.25, 0.3) is 5.91 Å². The Morgan fingerprint density at radius 3 is 2.06 bits per heavy atom. The number of benzene rings is 3. The number of methoxy groups -OCH3 is 4.